The molecule has 0 aliphatic carbocycles. The summed E-state index contributed by atoms with van der Waals surface area (Å²) in [4.78, 5) is 4.80. The molecule has 5 aromatic rings. The summed E-state index contributed by atoms with van der Waals surface area (Å²) in [6, 6.07) is 11.4. The Labute approximate surface area is 225 Å². The minimum atomic E-state index is -1.42. The second-order valence-electron chi connectivity index (χ2n) is 10.9. The lowest BCUT2D eigenvalue weighted by Gasteiger charge is -2.33. The van der Waals surface area contributed by atoms with Gasteiger partial charge in [0.1, 0.15) is 5.82 Å². The highest BCUT2D eigenvalue weighted by Crippen LogP contribution is 2.43. The topological polar surface area (TPSA) is 78.0 Å². The molecule has 1 saturated heterocycles. The fraction of sp³-hybridized carbons (Fsp3) is 0.367. The predicted octanol–water partition coefficient (Wildman–Crippen LogP) is 5.82. The Balaban J connectivity index is 1.75. The van der Waals surface area contributed by atoms with Crippen LogP contribution in [0.15, 0.2) is 48.7 Å². The number of aliphatic hydroxyl groups is 1. The number of ether oxygens (including phenoxy) is 1. The smallest absolute Gasteiger partial charge is 0.153 e. The lowest BCUT2D eigenvalue weighted by atomic mass is 9.87. The highest BCUT2D eigenvalue weighted by Gasteiger charge is 2.34. The summed E-state index contributed by atoms with van der Waals surface area (Å²) in [6.45, 7) is 6.05. The number of hydrogen-bond acceptors (Lipinski definition) is 5. The zero-order chi connectivity index (χ0) is 27.5. The monoisotopic (exact) mass is 531 g/mol. The van der Waals surface area contributed by atoms with Gasteiger partial charge in [-0.25, -0.2) is 13.5 Å². The van der Waals surface area contributed by atoms with Crippen molar-refractivity contribution in [2.24, 2.45) is 13.0 Å². The van der Waals surface area contributed by atoms with Gasteiger partial charge in [-0.2, -0.15) is 0 Å². The molecule has 6 rings (SSSR count). The molecule has 1 aliphatic heterocycles. The largest absolute Gasteiger partial charge is 0.386 e. The number of halogens is 2. The molecule has 0 amide bonds. The van der Waals surface area contributed by atoms with Crippen molar-refractivity contribution in [3.63, 3.8) is 0 Å². The van der Waals surface area contributed by atoms with Crippen LogP contribution >= 0.6 is 0 Å². The number of benzene rings is 2. The van der Waals surface area contributed by atoms with E-state index in [2.05, 4.69) is 10.3 Å². The van der Waals surface area contributed by atoms with Crippen LogP contribution in [0, 0.1) is 24.5 Å². The van der Waals surface area contributed by atoms with Gasteiger partial charge in [-0.3, -0.25) is 4.98 Å². The Bertz CT molecular complexity index is 1680. The average Bonchev–Trinajstić information content (AvgIpc) is 3.42. The van der Waals surface area contributed by atoms with Crippen LogP contribution in [0.25, 0.3) is 33.2 Å². The molecule has 1 aliphatic rings. The Morgan fingerprint density at radius 3 is 2.62 bits per heavy atom. The first kappa shape index (κ1) is 25.6. The van der Waals surface area contributed by atoms with Crippen LogP contribution in [0.2, 0.25) is 0 Å². The van der Waals surface area contributed by atoms with Gasteiger partial charge in [-0.05, 0) is 45.7 Å². The van der Waals surface area contributed by atoms with Crippen LogP contribution < -0.4 is 0 Å². The Hall–Kier alpha value is -3.69. The summed E-state index contributed by atoms with van der Waals surface area (Å²) in [6.07, 6.45) is 3.36. The van der Waals surface area contributed by atoms with Gasteiger partial charge in [0.05, 0.1) is 46.2 Å². The number of hydrogen-bond donors (Lipinski definition) is 1. The second-order valence-corrected chi connectivity index (χ2v) is 10.9. The summed E-state index contributed by atoms with van der Waals surface area (Å²) in [5.74, 6) is -1.02. The van der Waals surface area contributed by atoms with E-state index in [1.807, 2.05) is 24.6 Å². The van der Waals surface area contributed by atoms with Crippen molar-refractivity contribution in [2.45, 2.75) is 45.3 Å². The molecule has 1 N–H and O–H groups in total. The molecule has 0 bridgehead atoms. The Morgan fingerprint density at radius 2 is 1.95 bits per heavy atom. The Kier molecular flexibility index (Phi) is 6.23. The van der Waals surface area contributed by atoms with E-state index in [1.54, 1.807) is 55.1 Å². The molecule has 7 nitrogen and oxygen atoms in total. The van der Waals surface area contributed by atoms with Crippen molar-refractivity contribution in [3.05, 3.63) is 77.1 Å². The highest BCUT2D eigenvalue weighted by atomic mass is 19.1. The van der Waals surface area contributed by atoms with Gasteiger partial charge in [0, 0.05) is 47.8 Å². The summed E-state index contributed by atoms with van der Waals surface area (Å²) in [5, 5.41) is 19.7. The normalized spacial score (nSPS) is 17.3. The van der Waals surface area contributed by atoms with Gasteiger partial charge in [0.2, 0.25) is 0 Å². The van der Waals surface area contributed by atoms with Crippen LogP contribution in [0.5, 0.6) is 0 Å². The first-order valence-electron chi connectivity index (χ1n) is 13.2. The molecule has 202 valence electrons. The van der Waals surface area contributed by atoms with Crippen molar-refractivity contribution in [2.75, 3.05) is 13.2 Å². The number of rotatable bonds is 5. The molecule has 4 heterocycles. The fourth-order valence-corrected chi connectivity index (χ4v) is 6.04. The van der Waals surface area contributed by atoms with Gasteiger partial charge in [-0.15, -0.1) is 5.10 Å². The summed E-state index contributed by atoms with van der Waals surface area (Å²) in [5.41, 5.74) is 3.05. The first-order valence-corrected chi connectivity index (χ1v) is 13.2. The van der Waals surface area contributed by atoms with E-state index < -0.39 is 17.5 Å². The number of fused-ring (bicyclic) bond motifs is 3. The maximum Gasteiger partial charge on any atom is 0.153 e. The van der Waals surface area contributed by atoms with Gasteiger partial charge >= 0.3 is 0 Å². The maximum atomic E-state index is 16.6. The zero-order valence-electron chi connectivity index (χ0n) is 22.4. The minimum absolute atomic E-state index is 0.108. The van der Waals surface area contributed by atoms with E-state index in [0.717, 1.165) is 29.8 Å². The molecule has 3 aromatic heterocycles. The molecule has 0 saturated carbocycles. The molecular weight excluding hydrogens is 500 g/mol. The second kappa shape index (κ2) is 9.50. The van der Waals surface area contributed by atoms with Crippen molar-refractivity contribution < 1.29 is 18.6 Å². The number of aromatic nitrogens is 5. The predicted molar refractivity (Wildman–Crippen MR) is 145 cm³/mol. The van der Waals surface area contributed by atoms with Gasteiger partial charge in [-0.1, -0.05) is 35.5 Å². The van der Waals surface area contributed by atoms with Crippen LogP contribution in [-0.4, -0.2) is 42.9 Å². The van der Waals surface area contributed by atoms with Crippen molar-refractivity contribution in [1.29, 1.82) is 0 Å². The molecule has 1 fully saturated rings. The fourth-order valence-electron chi connectivity index (χ4n) is 6.04. The van der Waals surface area contributed by atoms with Crippen molar-refractivity contribution >= 4 is 21.9 Å². The lowest BCUT2D eigenvalue weighted by molar-refractivity contribution is 0.0403. The van der Waals surface area contributed by atoms with E-state index in [9.17, 15) is 5.11 Å². The van der Waals surface area contributed by atoms with Gasteiger partial charge in [0.25, 0.3) is 0 Å². The SMILES string of the molecule is Cc1nnn(C)c1-c1cnc2c3ccc(C(C)(C)O)c(F)c3n([C@H](c3ccccc3F)C3CCCOC3)c2c1. The molecule has 1 unspecified atom stereocenters. The summed E-state index contributed by atoms with van der Waals surface area (Å²) < 4.78 is 41.5. The highest BCUT2D eigenvalue weighted by molar-refractivity contribution is 6.07. The number of nitrogens with zero attached hydrogens (tertiary/aromatic N) is 5. The van der Waals surface area contributed by atoms with Crippen LogP contribution in [0.1, 0.15) is 49.6 Å². The van der Waals surface area contributed by atoms with Crippen LogP contribution in [0.4, 0.5) is 8.78 Å². The van der Waals surface area contributed by atoms with E-state index >= 15 is 8.78 Å². The summed E-state index contributed by atoms with van der Waals surface area (Å²) in [7, 11) is 1.81. The molecule has 39 heavy (non-hydrogen) atoms. The zero-order valence-corrected chi connectivity index (χ0v) is 22.4. The minimum Gasteiger partial charge on any atom is -0.386 e. The van der Waals surface area contributed by atoms with Crippen LogP contribution in [-0.2, 0) is 17.4 Å². The third-order valence-electron chi connectivity index (χ3n) is 7.81. The number of aryl methyl sites for hydroxylation is 2. The van der Waals surface area contributed by atoms with Crippen molar-refractivity contribution in [1.82, 2.24) is 24.5 Å². The molecule has 9 heteroatoms. The van der Waals surface area contributed by atoms with Crippen molar-refractivity contribution in [3.8, 4) is 11.3 Å². The Morgan fingerprint density at radius 1 is 1.15 bits per heavy atom. The third kappa shape index (κ3) is 4.20. The molecule has 2 aromatic carbocycles. The molecule has 0 spiro atoms. The van der Waals surface area contributed by atoms with E-state index in [-0.39, 0.29) is 22.8 Å². The molecular formula is C30H31F2N5O2. The molecule has 0 radical (unpaired) electrons. The third-order valence-corrected chi connectivity index (χ3v) is 7.81. The average molecular weight is 532 g/mol. The van der Waals surface area contributed by atoms with E-state index in [0.29, 0.717) is 35.2 Å². The van der Waals surface area contributed by atoms with Crippen LogP contribution in [0.3, 0.4) is 0 Å². The number of pyridine rings is 1. The quantitative estimate of drug-likeness (QED) is 0.310. The summed E-state index contributed by atoms with van der Waals surface area (Å²) >= 11 is 0. The van der Waals surface area contributed by atoms with E-state index in [4.69, 9.17) is 9.72 Å². The maximum absolute atomic E-state index is 16.6. The van der Waals surface area contributed by atoms with E-state index in [1.165, 1.54) is 6.07 Å². The first-order chi connectivity index (χ1) is 18.7. The van der Waals surface area contributed by atoms with Gasteiger partial charge in [0.15, 0.2) is 5.82 Å². The molecule has 2 atom stereocenters. The standard InChI is InChI=1S/C30H31F2N5O2/c1-17-27(36(4)35-34-17)19-14-24-26(33-15-19)21-11-12-22(30(2,3)38)25(32)29(21)37(24)28(18-8-7-13-39-16-18)20-9-5-6-10-23(20)31/h5-6,9-12,14-15,18,28,38H,7-8,13,16H2,1-4H3/t18?,28-/m0/s1. The van der Waals surface area contributed by atoms with Gasteiger partial charge < -0.3 is 14.4 Å². The lowest BCUT2D eigenvalue weighted by Crippen LogP contribution is -2.29.